The minimum absolute atomic E-state index is 0.384. The summed E-state index contributed by atoms with van der Waals surface area (Å²) in [6, 6.07) is 8.28. The quantitative estimate of drug-likeness (QED) is 0.506. The highest BCUT2D eigenvalue weighted by molar-refractivity contribution is 6.44. The maximum Gasteiger partial charge on any atom is 0.151 e. The number of carbonyl (C=O) groups is 1. The SMILES string of the molecule is O=Cc1cc(-c2cc(Cl)c(Cl)cc2Cl)ccc1Cl. The van der Waals surface area contributed by atoms with E-state index in [0.29, 0.717) is 37.5 Å². The van der Waals surface area contributed by atoms with E-state index in [4.69, 9.17) is 46.4 Å². The van der Waals surface area contributed by atoms with E-state index in [1.165, 1.54) is 0 Å². The Bertz CT molecular complexity index is 623. The van der Waals surface area contributed by atoms with Gasteiger partial charge < -0.3 is 0 Å². The number of rotatable bonds is 2. The summed E-state index contributed by atoms with van der Waals surface area (Å²) in [5, 5.41) is 1.64. The highest BCUT2D eigenvalue weighted by Crippen LogP contribution is 2.36. The number of aldehydes is 1. The zero-order valence-corrected chi connectivity index (χ0v) is 11.9. The van der Waals surface area contributed by atoms with Crippen LogP contribution in [0.5, 0.6) is 0 Å². The Morgan fingerprint density at radius 1 is 0.778 bits per heavy atom. The first-order valence-electron chi connectivity index (χ1n) is 4.92. The van der Waals surface area contributed by atoms with Gasteiger partial charge in [-0.25, -0.2) is 0 Å². The fraction of sp³-hybridized carbons (Fsp3) is 0. The summed E-state index contributed by atoms with van der Waals surface area (Å²) in [5.74, 6) is 0. The third kappa shape index (κ3) is 2.65. The normalized spacial score (nSPS) is 10.4. The van der Waals surface area contributed by atoms with E-state index in [9.17, 15) is 4.79 Å². The lowest BCUT2D eigenvalue weighted by Gasteiger charge is -2.08. The zero-order valence-electron chi connectivity index (χ0n) is 8.88. The average Bonchev–Trinajstić information content (AvgIpc) is 2.35. The van der Waals surface area contributed by atoms with Crippen molar-refractivity contribution in [2.75, 3.05) is 0 Å². The summed E-state index contributed by atoms with van der Waals surface area (Å²) in [7, 11) is 0. The Kier molecular flexibility index (Phi) is 4.18. The fourth-order valence-corrected chi connectivity index (χ4v) is 2.36. The number of hydrogen-bond acceptors (Lipinski definition) is 1. The van der Waals surface area contributed by atoms with Gasteiger partial charge in [0.25, 0.3) is 0 Å². The molecule has 0 aliphatic carbocycles. The van der Waals surface area contributed by atoms with E-state index < -0.39 is 0 Å². The Hall–Kier alpha value is -0.730. The molecular weight excluding hydrogens is 314 g/mol. The molecule has 2 aromatic rings. The molecule has 0 radical (unpaired) electrons. The van der Waals surface area contributed by atoms with Gasteiger partial charge in [-0.2, -0.15) is 0 Å². The predicted molar refractivity (Wildman–Crippen MR) is 77.3 cm³/mol. The maximum atomic E-state index is 10.9. The fourth-order valence-electron chi connectivity index (χ4n) is 1.55. The van der Waals surface area contributed by atoms with Gasteiger partial charge in [-0.1, -0.05) is 52.5 Å². The van der Waals surface area contributed by atoms with E-state index in [-0.39, 0.29) is 0 Å². The zero-order chi connectivity index (χ0) is 13.3. The molecule has 2 rings (SSSR count). The van der Waals surface area contributed by atoms with Gasteiger partial charge in [0.15, 0.2) is 6.29 Å². The summed E-state index contributed by atoms with van der Waals surface area (Å²) in [4.78, 5) is 10.9. The Labute approximate surface area is 124 Å². The van der Waals surface area contributed by atoms with Gasteiger partial charge in [-0.3, -0.25) is 4.79 Å². The van der Waals surface area contributed by atoms with Crippen LogP contribution in [0.2, 0.25) is 20.1 Å². The molecule has 0 bridgehead atoms. The summed E-state index contributed by atoms with van der Waals surface area (Å²) in [6.45, 7) is 0. The molecule has 0 saturated heterocycles. The van der Waals surface area contributed by atoms with Gasteiger partial charge >= 0.3 is 0 Å². The van der Waals surface area contributed by atoms with Crippen LogP contribution in [0.25, 0.3) is 11.1 Å². The van der Waals surface area contributed by atoms with Crippen molar-refractivity contribution in [3.63, 3.8) is 0 Å². The molecule has 5 heteroatoms. The molecule has 0 aliphatic rings. The van der Waals surface area contributed by atoms with Gasteiger partial charge in [0.1, 0.15) is 0 Å². The monoisotopic (exact) mass is 318 g/mol. The molecule has 0 atom stereocenters. The van der Waals surface area contributed by atoms with Crippen molar-refractivity contribution >= 4 is 52.7 Å². The Balaban J connectivity index is 2.62. The largest absolute Gasteiger partial charge is 0.298 e. The Morgan fingerprint density at radius 2 is 1.44 bits per heavy atom. The van der Waals surface area contributed by atoms with Gasteiger partial charge in [0.05, 0.1) is 15.1 Å². The minimum Gasteiger partial charge on any atom is -0.298 e. The predicted octanol–water partition coefficient (Wildman–Crippen LogP) is 5.78. The third-order valence-electron chi connectivity index (χ3n) is 2.44. The lowest BCUT2D eigenvalue weighted by molar-refractivity contribution is 0.112. The molecule has 0 spiro atoms. The summed E-state index contributed by atoms with van der Waals surface area (Å²) in [6.07, 6.45) is 0.692. The second kappa shape index (κ2) is 5.50. The van der Waals surface area contributed by atoms with Crippen molar-refractivity contribution in [3.05, 3.63) is 56.0 Å². The van der Waals surface area contributed by atoms with Crippen molar-refractivity contribution in [3.8, 4) is 11.1 Å². The first-order valence-corrected chi connectivity index (χ1v) is 6.43. The molecule has 2 aromatic carbocycles. The van der Waals surface area contributed by atoms with Gasteiger partial charge in [-0.05, 0) is 29.8 Å². The molecule has 0 aromatic heterocycles. The van der Waals surface area contributed by atoms with Crippen molar-refractivity contribution < 1.29 is 4.79 Å². The van der Waals surface area contributed by atoms with Crippen LogP contribution in [0.3, 0.4) is 0 Å². The molecule has 0 N–H and O–H groups in total. The van der Waals surface area contributed by atoms with Crippen molar-refractivity contribution in [2.45, 2.75) is 0 Å². The van der Waals surface area contributed by atoms with E-state index in [1.807, 2.05) is 0 Å². The first kappa shape index (κ1) is 13.7. The van der Waals surface area contributed by atoms with Crippen LogP contribution in [-0.2, 0) is 0 Å². The van der Waals surface area contributed by atoms with Crippen LogP contribution in [0, 0.1) is 0 Å². The van der Waals surface area contributed by atoms with Gasteiger partial charge in [0.2, 0.25) is 0 Å². The van der Waals surface area contributed by atoms with Crippen LogP contribution < -0.4 is 0 Å². The molecule has 92 valence electrons. The highest BCUT2D eigenvalue weighted by atomic mass is 35.5. The second-order valence-corrected chi connectivity index (χ2v) is 5.23. The van der Waals surface area contributed by atoms with E-state index in [1.54, 1.807) is 30.3 Å². The van der Waals surface area contributed by atoms with Crippen molar-refractivity contribution in [2.24, 2.45) is 0 Å². The van der Waals surface area contributed by atoms with Crippen LogP contribution in [-0.4, -0.2) is 6.29 Å². The van der Waals surface area contributed by atoms with E-state index in [2.05, 4.69) is 0 Å². The summed E-state index contributed by atoms with van der Waals surface area (Å²) < 4.78 is 0. The molecule has 0 heterocycles. The van der Waals surface area contributed by atoms with Crippen LogP contribution in [0.4, 0.5) is 0 Å². The Morgan fingerprint density at radius 3 is 2.11 bits per heavy atom. The smallest absolute Gasteiger partial charge is 0.151 e. The minimum atomic E-state index is 0.384. The average molecular weight is 320 g/mol. The summed E-state index contributed by atoms with van der Waals surface area (Å²) >= 11 is 23.8. The van der Waals surface area contributed by atoms with Crippen LogP contribution in [0.15, 0.2) is 30.3 Å². The third-order valence-corrected chi connectivity index (χ3v) is 3.82. The van der Waals surface area contributed by atoms with Crippen LogP contribution in [0.1, 0.15) is 10.4 Å². The number of benzene rings is 2. The standard InChI is InChI=1S/C13H6Cl4O/c14-10-2-1-7(3-8(10)6-18)9-4-12(16)13(17)5-11(9)15/h1-6H. The number of hydrogen-bond donors (Lipinski definition) is 0. The molecule has 18 heavy (non-hydrogen) atoms. The lowest BCUT2D eigenvalue weighted by atomic mass is 10.0. The molecule has 0 saturated carbocycles. The molecule has 0 fully saturated rings. The number of halogens is 4. The lowest BCUT2D eigenvalue weighted by Crippen LogP contribution is -1.86. The molecule has 0 unspecified atom stereocenters. The van der Waals surface area contributed by atoms with Crippen LogP contribution >= 0.6 is 46.4 Å². The second-order valence-electron chi connectivity index (χ2n) is 3.60. The first-order chi connectivity index (χ1) is 8.52. The molecule has 0 amide bonds. The highest BCUT2D eigenvalue weighted by Gasteiger charge is 2.10. The topological polar surface area (TPSA) is 17.1 Å². The number of carbonyl (C=O) groups excluding carboxylic acids is 1. The molecule has 1 nitrogen and oxygen atoms in total. The van der Waals surface area contributed by atoms with E-state index in [0.717, 1.165) is 5.56 Å². The summed E-state index contributed by atoms with van der Waals surface area (Å²) in [5.41, 5.74) is 1.85. The molecular formula is C13H6Cl4O. The van der Waals surface area contributed by atoms with Crippen molar-refractivity contribution in [1.82, 2.24) is 0 Å². The van der Waals surface area contributed by atoms with Crippen molar-refractivity contribution in [1.29, 1.82) is 0 Å². The molecule has 0 aliphatic heterocycles. The van der Waals surface area contributed by atoms with Gasteiger partial charge in [0, 0.05) is 16.1 Å². The maximum absolute atomic E-state index is 10.9. The van der Waals surface area contributed by atoms with E-state index >= 15 is 0 Å². The van der Waals surface area contributed by atoms with Gasteiger partial charge in [-0.15, -0.1) is 0 Å².